The first-order chi connectivity index (χ1) is 7.86. The van der Waals surface area contributed by atoms with Crippen LogP contribution >= 0.6 is 0 Å². The van der Waals surface area contributed by atoms with Crippen molar-refractivity contribution >= 4 is 0 Å². The highest BCUT2D eigenvalue weighted by molar-refractivity contribution is 5.22. The van der Waals surface area contributed by atoms with Crippen LogP contribution in [-0.4, -0.2) is 20.9 Å². The summed E-state index contributed by atoms with van der Waals surface area (Å²) in [5.41, 5.74) is 8.05. The van der Waals surface area contributed by atoms with Gasteiger partial charge >= 0.3 is 0 Å². The van der Waals surface area contributed by atoms with Crippen LogP contribution in [-0.2, 0) is 19.6 Å². The molecule has 0 radical (unpaired) electrons. The fourth-order valence-corrected chi connectivity index (χ4v) is 2.85. The number of nitrogens with zero attached hydrogens (tertiary/aromatic N) is 3. The van der Waals surface area contributed by atoms with Gasteiger partial charge in [-0.15, -0.1) is 0 Å². The maximum absolute atomic E-state index is 5.56. The number of aromatic nitrogens is 2. The Morgan fingerprint density at radius 2 is 2.12 bits per heavy atom. The smallest absolute Gasteiger partial charge is 0.142 e. The molecule has 3 rings (SSSR count). The van der Waals surface area contributed by atoms with Crippen molar-refractivity contribution in [3.63, 3.8) is 0 Å². The molecule has 0 unspecified atom stereocenters. The minimum atomic E-state index is 0.441. The maximum Gasteiger partial charge on any atom is 0.142 e. The molecule has 86 valence electrons. The van der Waals surface area contributed by atoms with Crippen molar-refractivity contribution in [2.75, 3.05) is 0 Å². The number of fused-ring (bicyclic) bond motifs is 1. The van der Waals surface area contributed by atoms with Crippen LogP contribution in [0, 0.1) is 0 Å². The Morgan fingerprint density at radius 3 is 2.88 bits per heavy atom. The Kier molecular flexibility index (Phi) is 2.61. The normalized spacial score (nSPS) is 21.6. The molecule has 0 spiro atoms. The first-order valence-electron chi connectivity index (χ1n) is 6.14. The minimum Gasteiger partial charge on any atom is -0.324 e. The van der Waals surface area contributed by atoms with Gasteiger partial charge < -0.3 is 5.73 Å². The van der Waals surface area contributed by atoms with E-state index < -0.39 is 0 Å². The topological polar surface area (TPSA) is 55.0 Å². The summed E-state index contributed by atoms with van der Waals surface area (Å²) in [6.45, 7) is 2.47. The van der Waals surface area contributed by atoms with Gasteiger partial charge in [-0.1, -0.05) is 12.8 Å². The molecular formula is C12H18N4. The summed E-state index contributed by atoms with van der Waals surface area (Å²) in [6, 6.07) is 0.774. The van der Waals surface area contributed by atoms with Crippen LogP contribution < -0.4 is 5.73 Å². The van der Waals surface area contributed by atoms with Gasteiger partial charge in [0.15, 0.2) is 0 Å². The van der Waals surface area contributed by atoms with Gasteiger partial charge in [0, 0.05) is 30.9 Å². The van der Waals surface area contributed by atoms with E-state index in [1.165, 1.54) is 36.9 Å². The first kappa shape index (κ1) is 10.2. The summed E-state index contributed by atoms with van der Waals surface area (Å²) in [6.07, 6.45) is 7.43. The summed E-state index contributed by atoms with van der Waals surface area (Å²) in [5.74, 6) is 0.770. The van der Waals surface area contributed by atoms with E-state index in [1.807, 2.05) is 6.20 Å². The van der Waals surface area contributed by atoms with Gasteiger partial charge in [-0.3, -0.25) is 4.90 Å². The number of hydrogen-bond donors (Lipinski definition) is 1. The molecule has 2 aliphatic rings. The van der Waals surface area contributed by atoms with Gasteiger partial charge in [-0.2, -0.15) is 0 Å². The molecule has 1 aromatic rings. The van der Waals surface area contributed by atoms with Gasteiger partial charge in [-0.05, 0) is 12.8 Å². The number of rotatable bonds is 2. The summed E-state index contributed by atoms with van der Waals surface area (Å²) in [4.78, 5) is 11.3. The van der Waals surface area contributed by atoms with Gasteiger partial charge in [0.1, 0.15) is 5.82 Å². The van der Waals surface area contributed by atoms with E-state index in [-0.39, 0.29) is 0 Å². The van der Waals surface area contributed by atoms with Crippen LogP contribution in [0.1, 0.15) is 42.8 Å². The van der Waals surface area contributed by atoms with Gasteiger partial charge in [0.25, 0.3) is 0 Å². The molecule has 0 atom stereocenters. The lowest BCUT2D eigenvalue weighted by molar-refractivity contribution is 0.201. The molecule has 2 heterocycles. The van der Waals surface area contributed by atoms with Gasteiger partial charge in [0.05, 0.1) is 12.2 Å². The van der Waals surface area contributed by atoms with Crippen LogP contribution in [0.4, 0.5) is 0 Å². The van der Waals surface area contributed by atoms with Crippen LogP contribution in [0.25, 0.3) is 0 Å². The SMILES string of the molecule is NCc1ncc2c(n1)CN(C1CCCC1)C2. The molecule has 1 aliphatic heterocycles. The van der Waals surface area contributed by atoms with Gasteiger partial charge in [0.2, 0.25) is 0 Å². The van der Waals surface area contributed by atoms with Crippen molar-refractivity contribution in [1.29, 1.82) is 0 Å². The second-order valence-electron chi connectivity index (χ2n) is 4.81. The molecule has 0 amide bonds. The van der Waals surface area contributed by atoms with Crippen molar-refractivity contribution in [2.24, 2.45) is 5.73 Å². The van der Waals surface area contributed by atoms with Crippen molar-refractivity contribution in [2.45, 2.75) is 51.4 Å². The molecule has 16 heavy (non-hydrogen) atoms. The van der Waals surface area contributed by atoms with E-state index >= 15 is 0 Å². The Bertz CT molecular complexity index is 385. The van der Waals surface area contributed by atoms with Crippen LogP contribution in [0.3, 0.4) is 0 Å². The molecule has 0 aromatic carbocycles. The lowest BCUT2D eigenvalue weighted by Gasteiger charge is -2.22. The fourth-order valence-electron chi connectivity index (χ4n) is 2.85. The highest BCUT2D eigenvalue weighted by Gasteiger charge is 2.28. The van der Waals surface area contributed by atoms with Crippen molar-refractivity contribution in [1.82, 2.24) is 14.9 Å². The predicted octanol–water partition coefficient (Wildman–Crippen LogP) is 1.19. The lowest BCUT2D eigenvalue weighted by atomic mass is 10.2. The molecule has 2 N–H and O–H groups in total. The molecule has 0 saturated heterocycles. The highest BCUT2D eigenvalue weighted by Crippen LogP contribution is 2.30. The lowest BCUT2D eigenvalue weighted by Crippen LogP contribution is -2.27. The van der Waals surface area contributed by atoms with E-state index in [2.05, 4.69) is 14.9 Å². The molecule has 1 aliphatic carbocycles. The van der Waals surface area contributed by atoms with E-state index in [4.69, 9.17) is 5.73 Å². The first-order valence-corrected chi connectivity index (χ1v) is 6.14. The molecule has 1 aromatic heterocycles. The largest absolute Gasteiger partial charge is 0.324 e. The predicted molar refractivity (Wildman–Crippen MR) is 61.4 cm³/mol. The second kappa shape index (κ2) is 4.11. The summed E-state index contributed by atoms with van der Waals surface area (Å²) in [7, 11) is 0. The third-order valence-corrected chi connectivity index (χ3v) is 3.75. The zero-order valence-corrected chi connectivity index (χ0v) is 9.52. The molecule has 1 saturated carbocycles. The van der Waals surface area contributed by atoms with Gasteiger partial charge in [-0.25, -0.2) is 9.97 Å². The fraction of sp³-hybridized carbons (Fsp3) is 0.667. The maximum atomic E-state index is 5.56. The second-order valence-corrected chi connectivity index (χ2v) is 4.81. The van der Waals surface area contributed by atoms with Crippen LogP contribution in [0.2, 0.25) is 0 Å². The Hall–Kier alpha value is -1.00. The van der Waals surface area contributed by atoms with Crippen molar-refractivity contribution < 1.29 is 0 Å². The molecule has 4 nitrogen and oxygen atoms in total. The van der Waals surface area contributed by atoms with Crippen molar-refractivity contribution in [3.05, 3.63) is 23.3 Å². The molecular weight excluding hydrogens is 200 g/mol. The average Bonchev–Trinajstić information content (AvgIpc) is 2.96. The van der Waals surface area contributed by atoms with E-state index in [0.717, 1.165) is 25.0 Å². The summed E-state index contributed by atoms with van der Waals surface area (Å²) < 4.78 is 0. The number of hydrogen-bond acceptors (Lipinski definition) is 4. The van der Waals surface area contributed by atoms with E-state index in [0.29, 0.717) is 6.54 Å². The Labute approximate surface area is 95.9 Å². The number of nitrogens with two attached hydrogens (primary N) is 1. The van der Waals surface area contributed by atoms with E-state index in [1.54, 1.807) is 0 Å². The highest BCUT2D eigenvalue weighted by atomic mass is 15.2. The third kappa shape index (κ3) is 1.72. The molecule has 0 bridgehead atoms. The monoisotopic (exact) mass is 218 g/mol. The van der Waals surface area contributed by atoms with Crippen LogP contribution in [0.15, 0.2) is 6.20 Å². The molecule has 1 fully saturated rings. The van der Waals surface area contributed by atoms with E-state index in [9.17, 15) is 0 Å². The Balaban J connectivity index is 1.77. The average molecular weight is 218 g/mol. The quantitative estimate of drug-likeness (QED) is 0.810. The standard InChI is InChI=1S/C12H18N4/c13-5-12-14-6-9-7-16(8-11(9)15-12)10-3-1-2-4-10/h6,10H,1-5,7-8,13H2. The summed E-state index contributed by atoms with van der Waals surface area (Å²) in [5, 5.41) is 0. The summed E-state index contributed by atoms with van der Waals surface area (Å²) >= 11 is 0. The van der Waals surface area contributed by atoms with Crippen LogP contribution in [0.5, 0.6) is 0 Å². The zero-order chi connectivity index (χ0) is 11.0. The molecule has 4 heteroatoms. The minimum absolute atomic E-state index is 0.441. The zero-order valence-electron chi connectivity index (χ0n) is 9.52. The third-order valence-electron chi connectivity index (χ3n) is 3.75. The Morgan fingerprint density at radius 1 is 1.31 bits per heavy atom. The van der Waals surface area contributed by atoms with Crippen molar-refractivity contribution in [3.8, 4) is 0 Å².